The number of rotatable bonds is 6. The molecule has 1 aliphatic rings. The van der Waals surface area contributed by atoms with Crippen LogP contribution in [0.15, 0.2) is 30.3 Å². The molecular weight excluding hydrogens is 415 g/mol. The first-order valence-corrected chi connectivity index (χ1v) is 9.57. The standard InChI is InChI=1S/C22H24F3NO5/c1-28-17-6-5-13(10-18(17)29-2)9-16-15-12-20(31-4)19(30-3)11-14(15)7-8-26(16)21(27)22(23,24)25/h5-6,10-12,16H,7-9H2,1-4H3. The van der Waals surface area contributed by atoms with Gasteiger partial charge >= 0.3 is 12.1 Å². The van der Waals surface area contributed by atoms with E-state index in [9.17, 15) is 18.0 Å². The lowest BCUT2D eigenvalue weighted by Gasteiger charge is -2.38. The molecule has 6 nitrogen and oxygen atoms in total. The van der Waals surface area contributed by atoms with Crippen molar-refractivity contribution in [3.05, 3.63) is 47.0 Å². The molecule has 1 atom stereocenters. The first kappa shape index (κ1) is 22.6. The van der Waals surface area contributed by atoms with Gasteiger partial charge in [0.1, 0.15) is 0 Å². The van der Waals surface area contributed by atoms with Gasteiger partial charge in [0.15, 0.2) is 23.0 Å². The highest BCUT2D eigenvalue weighted by Crippen LogP contribution is 2.41. The summed E-state index contributed by atoms with van der Waals surface area (Å²) in [5.74, 6) is -0.0260. The van der Waals surface area contributed by atoms with Gasteiger partial charge in [-0.2, -0.15) is 13.2 Å². The molecule has 1 aliphatic heterocycles. The van der Waals surface area contributed by atoms with Crippen molar-refractivity contribution < 1.29 is 36.9 Å². The Bertz CT molecular complexity index is 961. The fraction of sp³-hybridized carbons (Fsp3) is 0.409. The number of methoxy groups -OCH3 is 4. The molecule has 1 amide bonds. The van der Waals surface area contributed by atoms with E-state index in [1.54, 1.807) is 30.3 Å². The Labute approximate surface area is 178 Å². The molecule has 9 heteroatoms. The molecule has 0 fully saturated rings. The number of carbonyl (C=O) groups excluding carboxylic acids is 1. The van der Waals surface area contributed by atoms with E-state index in [0.717, 1.165) is 10.5 Å². The van der Waals surface area contributed by atoms with Gasteiger partial charge in [0.2, 0.25) is 0 Å². The number of ether oxygens (including phenoxy) is 4. The van der Waals surface area contributed by atoms with Crippen molar-refractivity contribution in [1.82, 2.24) is 4.90 Å². The maximum Gasteiger partial charge on any atom is 0.471 e. The van der Waals surface area contributed by atoms with Gasteiger partial charge in [-0.1, -0.05) is 6.07 Å². The van der Waals surface area contributed by atoms with E-state index >= 15 is 0 Å². The summed E-state index contributed by atoms with van der Waals surface area (Å²) in [5, 5.41) is 0. The summed E-state index contributed by atoms with van der Waals surface area (Å²) >= 11 is 0. The molecule has 0 radical (unpaired) electrons. The van der Waals surface area contributed by atoms with E-state index in [4.69, 9.17) is 18.9 Å². The maximum atomic E-state index is 13.3. The third-order valence-electron chi connectivity index (χ3n) is 5.38. The van der Waals surface area contributed by atoms with E-state index in [0.29, 0.717) is 34.1 Å². The predicted octanol–water partition coefficient (Wildman–Crippen LogP) is 3.95. The molecular formula is C22H24F3NO5. The van der Waals surface area contributed by atoms with Crippen LogP contribution in [0.2, 0.25) is 0 Å². The SMILES string of the molecule is COc1ccc(CC2c3cc(OC)c(OC)cc3CCN2C(=O)C(F)(F)F)cc1OC. The van der Waals surface area contributed by atoms with Crippen LogP contribution in [0.25, 0.3) is 0 Å². The number of hydrogen-bond acceptors (Lipinski definition) is 5. The summed E-state index contributed by atoms with van der Waals surface area (Å²) in [5.41, 5.74) is 2.11. The maximum absolute atomic E-state index is 13.3. The molecule has 168 valence electrons. The van der Waals surface area contributed by atoms with Crippen LogP contribution in [0.3, 0.4) is 0 Å². The molecule has 3 rings (SSSR count). The minimum atomic E-state index is -4.97. The van der Waals surface area contributed by atoms with Crippen molar-refractivity contribution in [3.63, 3.8) is 0 Å². The normalized spacial score (nSPS) is 15.8. The summed E-state index contributed by atoms with van der Waals surface area (Å²) in [4.78, 5) is 13.1. The van der Waals surface area contributed by atoms with Crippen LogP contribution in [0.4, 0.5) is 13.2 Å². The second-order valence-electron chi connectivity index (χ2n) is 7.06. The van der Waals surface area contributed by atoms with Crippen LogP contribution in [0, 0.1) is 0 Å². The number of hydrogen-bond donors (Lipinski definition) is 0. The molecule has 0 N–H and O–H groups in total. The van der Waals surface area contributed by atoms with Crippen LogP contribution < -0.4 is 18.9 Å². The number of carbonyl (C=O) groups is 1. The van der Waals surface area contributed by atoms with Crippen molar-refractivity contribution in [2.45, 2.75) is 25.1 Å². The van der Waals surface area contributed by atoms with Gasteiger partial charge in [-0.15, -0.1) is 0 Å². The predicted molar refractivity (Wildman–Crippen MR) is 107 cm³/mol. The Kier molecular flexibility index (Phi) is 6.52. The van der Waals surface area contributed by atoms with Gasteiger partial charge in [-0.25, -0.2) is 0 Å². The largest absolute Gasteiger partial charge is 0.493 e. The first-order valence-electron chi connectivity index (χ1n) is 9.57. The zero-order valence-electron chi connectivity index (χ0n) is 17.7. The van der Waals surface area contributed by atoms with E-state index in [1.165, 1.54) is 28.4 Å². The van der Waals surface area contributed by atoms with Gasteiger partial charge in [0.05, 0.1) is 34.5 Å². The zero-order chi connectivity index (χ0) is 22.8. The van der Waals surface area contributed by atoms with E-state index in [2.05, 4.69) is 0 Å². The van der Waals surface area contributed by atoms with Crippen LogP contribution in [-0.2, 0) is 17.6 Å². The lowest BCUT2D eigenvalue weighted by molar-refractivity contribution is -0.188. The summed E-state index contributed by atoms with van der Waals surface area (Å²) < 4.78 is 61.2. The summed E-state index contributed by atoms with van der Waals surface area (Å²) in [6, 6.07) is 7.69. The van der Waals surface area contributed by atoms with E-state index < -0.39 is 18.1 Å². The molecule has 0 spiro atoms. The lowest BCUT2D eigenvalue weighted by Crippen LogP contribution is -2.47. The quantitative estimate of drug-likeness (QED) is 0.682. The van der Waals surface area contributed by atoms with Crippen LogP contribution in [0.1, 0.15) is 22.7 Å². The second kappa shape index (κ2) is 8.95. The number of amides is 1. The summed E-state index contributed by atoms with van der Waals surface area (Å²) in [6.07, 6.45) is -4.53. The van der Waals surface area contributed by atoms with E-state index in [-0.39, 0.29) is 19.4 Å². The van der Waals surface area contributed by atoms with Gasteiger partial charge in [0.25, 0.3) is 0 Å². The van der Waals surface area contributed by atoms with Crippen LogP contribution in [0.5, 0.6) is 23.0 Å². The van der Waals surface area contributed by atoms with Crippen LogP contribution in [-0.4, -0.2) is 52.0 Å². The lowest BCUT2D eigenvalue weighted by atomic mass is 9.88. The smallest absolute Gasteiger partial charge is 0.471 e. The molecule has 0 saturated heterocycles. The summed E-state index contributed by atoms with van der Waals surface area (Å²) in [6.45, 7) is -0.0568. The molecule has 0 saturated carbocycles. The highest BCUT2D eigenvalue weighted by molar-refractivity contribution is 5.82. The van der Waals surface area contributed by atoms with Crippen molar-refractivity contribution in [2.24, 2.45) is 0 Å². The van der Waals surface area contributed by atoms with Crippen molar-refractivity contribution >= 4 is 5.91 Å². The Morgan fingerprint density at radius 3 is 2.10 bits per heavy atom. The number of fused-ring (bicyclic) bond motifs is 1. The zero-order valence-corrected chi connectivity index (χ0v) is 17.7. The van der Waals surface area contributed by atoms with Gasteiger partial charge in [-0.05, 0) is 53.8 Å². The molecule has 2 aromatic carbocycles. The average molecular weight is 439 g/mol. The second-order valence-corrected chi connectivity index (χ2v) is 7.06. The third-order valence-corrected chi connectivity index (χ3v) is 5.38. The van der Waals surface area contributed by atoms with Crippen molar-refractivity contribution in [2.75, 3.05) is 35.0 Å². The summed E-state index contributed by atoms with van der Waals surface area (Å²) in [7, 11) is 5.93. The molecule has 1 unspecified atom stereocenters. The number of nitrogens with zero attached hydrogens (tertiary/aromatic N) is 1. The first-order chi connectivity index (χ1) is 14.7. The molecule has 31 heavy (non-hydrogen) atoms. The van der Waals surface area contributed by atoms with Crippen molar-refractivity contribution in [3.8, 4) is 23.0 Å². The van der Waals surface area contributed by atoms with E-state index in [1.807, 2.05) is 0 Å². The molecule has 1 heterocycles. The third kappa shape index (κ3) is 4.50. The number of benzene rings is 2. The van der Waals surface area contributed by atoms with Gasteiger partial charge < -0.3 is 23.8 Å². The Hall–Kier alpha value is -3.10. The molecule has 0 aliphatic carbocycles. The van der Waals surface area contributed by atoms with Gasteiger partial charge in [0, 0.05) is 6.54 Å². The fourth-order valence-electron chi connectivity index (χ4n) is 3.89. The molecule has 0 bridgehead atoms. The molecule has 2 aromatic rings. The average Bonchev–Trinajstić information content (AvgIpc) is 2.77. The Morgan fingerprint density at radius 2 is 1.52 bits per heavy atom. The minimum Gasteiger partial charge on any atom is -0.493 e. The van der Waals surface area contributed by atoms with Gasteiger partial charge in [-0.3, -0.25) is 4.79 Å². The highest BCUT2D eigenvalue weighted by atomic mass is 19.4. The molecule has 0 aromatic heterocycles. The number of halogens is 3. The topological polar surface area (TPSA) is 57.2 Å². The highest BCUT2D eigenvalue weighted by Gasteiger charge is 2.46. The Morgan fingerprint density at radius 1 is 0.935 bits per heavy atom. The minimum absolute atomic E-state index is 0.0568. The Balaban J connectivity index is 2.08. The number of alkyl halides is 3. The van der Waals surface area contributed by atoms with Crippen LogP contribution >= 0.6 is 0 Å². The monoisotopic (exact) mass is 439 g/mol. The fourth-order valence-corrected chi connectivity index (χ4v) is 3.89. The van der Waals surface area contributed by atoms with Crippen molar-refractivity contribution in [1.29, 1.82) is 0 Å².